The Morgan fingerprint density at radius 1 is 1.31 bits per heavy atom. The second-order valence-corrected chi connectivity index (χ2v) is 6.69. The lowest BCUT2D eigenvalue weighted by Crippen LogP contribution is -2.45. The lowest BCUT2D eigenvalue weighted by Gasteiger charge is -2.20. The Labute approximate surface area is 157 Å². The van der Waals surface area contributed by atoms with Crippen molar-refractivity contribution in [1.29, 1.82) is 0 Å². The summed E-state index contributed by atoms with van der Waals surface area (Å²) in [5.41, 5.74) is 1.23. The van der Waals surface area contributed by atoms with Gasteiger partial charge in [-0.05, 0) is 31.9 Å². The first-order chi connectivity index (χ1) is 12.6. The molecule has 1 aliphatic heterocycles. The van der Waals surface area contributed by atoms with E-state index < -0.39 is 0 Å². The topological polar surface area (TPSA) is 60.0 Å². The third-order valence-electron chi connectivity index (χ3n) is 4.65. The molecule has 0 spiro atoms. The third-order valence-corrected chi connectivity index (χ3v) is 4.65. The maximum atomic E-state index is 11.8. The summed E-state index contributed by atoms with van der Waals surface area (Å²) in [4.78, 5) is 20.7. The van der Waals surface area contributed by atoms with Gasteiger partial charge in [0.2, 0.25) is 5.91 Å². The smallest absolute Gasteiger partial charge is 0.222 e. The zero-order chi connectivity index (χ0) is 18.8. The summed E-state index contributed by atoms with van der Waals surface area (Å²) in [6.45, 7) is 8.18. The number of hydrogen-bond acceptors (Lipinski definition) is 3. The number of anilines is 1. The molecule has 144 valence electrons. The van der Waals surface area contributed by atoms with Crippen LogP contribution in [0, 0.1) is 0 Å². The molecular weight excluding hydrogens is 326 g/mol. The van der Waals surface area contributed by atoms with Gasteiger partial charge in [-0.2, -0.15) is 0 Å². The van der Waals surface area contributed by atoms with Gasteiger partial charge in [0.1, 0.15) is 0 Å². The van der Waals surface area contributed by atoms with E-state index in [0.717, 1.165) is 51.5 Å². The molecule has 1 aromatic carbocycles. The van der Waals surface area contributed by atoms with E-state index in [2.05, 4.69) is 53.8 Å². The Kier molecular flexibility index (Phi) is 8.25. The summed E-state index contributed by atoms with van der Waals surface area (Å²) in [7, 11) is 2.11. The molecule has 6 heteroatoms. The molecular formula is C20H33N5O. The van der Waals surface area contributed by atoms with Crippen LogP contribution in [0.1, 0.15) is 33.1 Å². The molecule has 1 aliphatic rings. The fourth-order valence-corrected chi connectivity index (χ4v) is 3.15. The van der Waals surface area contributed by atoms with E-state index in [4.69, 9.17) is 4.99 Å². The van der Waals surface area contributed by atoms with Gasteiger partial charge in [0.05, 0.1) is 0 Å². The molecule has 0 aliphatic carbocycles. The standard InChI is InChI=1S/C20H33N5O/c1-4-19(26)25-15-12-17(16-25)23-20(21-5-2)22-13-9-14-24(3)18-10-7-6-8-11-18/h6-8,10-11,17H,4-5,9,12-16H2,1-3H3,(H2,21,22,23). The van der Waals surface area contributed by atoms with Gasteiger partial charge in [0.25, 0.3) is 0 Å². The van der Waals surface area contributed by atoms with Crippen LogP contribution in [-0.2, 0) is 4.79 Å². The van der Waals surface area contributed by atoms with Crippen molar-refractivity contribution in [2.24, 2.45) is 4.99 Å². The van der Waals surface area contributed by atoms with Crippen LogP contribution in [0.2, 0.25) is 0 Å². The van der Waals surface area contributed by atoms with Crippen molar-refractivity contribution in [2.75, 3.05) is 44.7 Å². The minimum absolute atomic E-state index is 0.236. The highest BCUT2D eigenvalue weighted by Crippen LogP contribution is 2.11. The van der Waals surface area contributed by atoms with Gasteiger partial charge in [-0.1, -0.05) is 25.1 Å². The Morgan fingerprint density at radius 2 is 2.08 bits per heavy atom. The van der Waals surface area contributed by atoms with Crippen molar-refractivity contribution in [3.63, 3.8) is 0 Å². The highest BCUT2D eigenvalue weighted by molar-refractivity contribution is 5.80. The molecule has 1 fully saturated rings. The first kappa shape index (κ1) is 20.1. The molecule has 0 aromatic heterocycles. The van der Waals surface area contributed by atoms with E-state index in [1.807, 2.05) is 17.9 Å². The van der Waals surface area contributed by atoms with Gasteiger partial charge in [0, 0.05) is 57.9 Å². The number of benzene rings is 1. The minimum Gasteiger partial charge on any atom is -0.375 e. The van der Waals surface area contributed by atoms with Gasteiger partial charge < -0.3 is 20.4 Å². The third kappa shape index (κ3) is 6.24. The van der Waals surface area contributed by atoms with Crippen molar-refractivity contribution in [3.05, 3.63) is 30.3 Å². The van der Waals surface area contributed by atoms with Crippen LogP contribution in [0.3, 0.4) is 0 Å². The van der Waals surface area contributed by atoms with Crippen molar-refractivity contribution < 1.29 is 4.79 Å². The molecule has 1 heterocycles. The number of guanidine groups is 1. The van der Waals surface area contributed by atoms with Gasteiger partial charge in [0.15, 0.2) is 5.96 Å². The van der Waals surface area contributed by atoms with Crippen LogP contribution in [0.4, 0.5) is 5.69 Å². The number of nitrogens with one attached hydrogen (secondary N) is 2. The van der Waals surface area contributed by atoms with E-state index in [1.54, 1.807) is 0 Å². The van der Waals surface area contributed by atoms with Crippen LogP contribution < -0.4 is 15.5 Å². The van der Waals surface area contributed by atoms with Crippen LogP contribution in [0.5, 0.6) is 0 Å². The zero-order valence-corrected chi connectivity index (χ0v) is 16.4. The second-order valence-electron chi connectivity index (χ2n) is 6.69. The van der Waals surface area contributed by atoms with E-state index in [0.29, 0.717) is 6.42 Å². The second kappa shape index (κ2) is 10.7. The molecule has 26 heavy (non-hydrogen) atoms. The lowest BCUT2D eigenvalue weighted by molar-refractivity contribution is -0.129. The number of aliphatic imine (C=N–C) groups is 1. The van der Waals surface area contributed by atoms with Gasteiger partial charge in [-0.25, -0.2) is 0 Å². The quantitative estimate of drug-likeness (QED) is 0.424. The number of likely N-dealkylation sites (tertiary alicyclic amines) is 1. The average Bonchev–Trinajstić information content (AvgIpc) is 3.13. The number of carbonyl (C=O) groups excluding carboxylic acids is 1. The number of para-hydroxylation sites is 1. The molecule has 1 unspecified atom stereocenters. The Bertz CT molecular complexity index is 575. The Balaban J connectivity index is 1.77. The number of amides is 1. The minimum atomic E-state index is 0.236. The SMILES string of the molecule is CCNC(=NCCCN(C)c1ccccc1)NC1CCN(C(=O)CC)C1. The lowest BCUT2D eigenvalue weighted by atomic mass is 10.3. The molecule has 2 N–H and O–H groups in total. The normalized spacial score (nSPS) is 17.3. The summed E-state index contributed by atoms with van der Waals surface area (Å²) in [5, 5.41) is 6.79. The fraction of sp³-hybridized carbons (Fsp3) is 0.600. The fourth-order valence-electron chi connectivity index (χ4n) is 3.15. The van der Waals surface area contributed by atoms with Crippen LogP contribution in [0.25, 0.3) is 0 Å². The van der Waals surface area contributed by atoms with Crippen molar-refractivity contribution >= 4 is 17.6 Å². The number of rotatable bonds is 8. The molecule has 6 nitrogen and oxygen atoms in total. The Morgan fingerprint density at radius 3 is 2.77 bits per heavy atom. The summed E-state index contributed by atoms with van der Waals surface area (Å²) >= 11 is 0. The van der Waals surface area contributed by atoms with Gasteiger partial charge in [-0.15, -0.1) is 0 Å². The molecule has 1 atom stereocenters. The van der Waals surface area contributed by atoms with Crippen LogP contribution in [-0.4, -0.2) is 62.6 Å². The number of nitrogens with zero attached hydrogens (tertiary/aromatic N) is 3. The predicted molar refractivity (Wildman–Crippen MR) is 109 cm³/mol. The predicted octanol–water partition coefficient (Wildman–Crippen LogP) is 2.08. The molecule has 2 rings (SSSR count). The maximum Gasteiger partial charge on any atom is 0.222 e. The average molecular weight is 360 g/mol. The first-order valence-electron chi connectivity index (χ1n) is 9.72. The van der Waals surface area contributed by atoms with Crippen molar-refractivity contribution in [1.82, 2.24) is 15.5 Å². The summed E-state index contributed by atoms with van der Waals surface area (Å²) in [5.74, 6) is 1.09. The van der Waals surface area contributed by atoms with E-state index in [-0.39, 0.29) is 11.9 Å². The van der Waals surface area contributed by atoms with Crippen LogP contribution in [0.15, 0.2) is 35.3 Å². The highest BCUT2D eigenvalue weighted by Gasteiger charge is 2.25. The largest absolute Gasteiger partial charge is 0.375 e. The number of carbonyl (C=O) groups is 1. The highest BCUT2D eigenvalue weighted by atomic mass is 16.2. The zero-order valence-electron chi connectivity index (χ0n) is 16.4. The molecule has 1 amide bonds. The maximum absolute atomic E-state index is 11.8. The monoisotopic (exact) mass is 359 g/mol. The van der Waals surface area contributed by atoms with Gasteiger partial charge in [-0.3, -0.25) is 9.79 Å². The molecule has 0 radical (unpaired) electrons. The van der Waals surface area contributed by atoms with E-state index in [9.17, 15) is 4.79 Å². The molecule has 1 saturated heterocycles. The van der Waals surface area contributed by atoms with E-state index in [1.165, 1.54) is 5.69 Å². The summed E-state index contributed by atoms with van der Waals surface area (Å²) in [6.07, 6.45) is 2.55. The summed E-state index contributed by atoms with van der Waals surface area (Å²) in [6, 6.07) is 10.7. The Hall–Kier alpha value is -2.24. The van der Waals surface area contributed by atoms with Gasteiger partial charge >= 0.3 is 0 Å². The van der Waals surface area contributed by atoms with Crippen LogP contribution >= 0.6 is 0 Å². The summed E-state index contributed by atoms with van der Waals surface area (Å²) < 4.78 is 0. The van der Waals surface area contributed by atoms with Crippen molar-refractivity contribution in [3.8, 4) is 0 Å². The molecule has 0 bridgehead atoms. The van der Waals surface area contributed by atoms with Crippen molar-refractivity contribution in [2.45, 2.75) is 39.2 Å². The molecule has 0 saturated carbocycles. The number of hydrogen-bond donors (Lipinski definition) is 2. The first-order valence-corrected chi connectivity index (χ1v) is 9.72. The molecule has 1 aromatic rings. The van der Waals surface area contributed by atoms with E-state index >= 15 is 0 Å².